The maximum Gasteiger partial charge on any atom is 0.328 e. The lowest BCUT2D eigenvalue weighted by Crippen LogP contribution is -2.53. The number of nitrogens with zero attached hydrogens (tertiary/aromatic N) is 1. The van der Waals surface area contributed by atoms with Crippen LogP contribution >= 0.6 is 11.8 Å². The topological polar surface area (TPSA) is 125 Å². The zero-order valence-corrected chi connectivity index (χ0v) is 21.7. The van der Waals surface area contributed by atoms with Crippen LogP contribution in [-0.4, -0.2) is 77.7 Å². The summed E-state index contributed by atoms with van der Waals surface area (Å²) in [6, 6.07) is 10.8. The molecule has 4 rings (SSSR count). The Morgan fingerprint density at radius 3 is 2.46 bits per heavy atom. The highest BCUT2D eigenvalue weighted by molar-refractivity contribution is 7.98. The summed E-state index contributed by atoms with van der Waals surface area (Å²) in [6.45, 7) is 0.195. The van der Waals surface area contributed by atoms with Crippen molar-refractivity contribution in [3.05, 3.63) is 70.8 Å². The number of rotatable bonds is 6. The van der Waals surface area contributed by atoms with Crippen molar-refractivity contribution in [2.75, 3.05) is 20.5 Å². The van der Waals surface area contributed by atoms with Gasteiger partial charge in [0.25, 0.3) is 11.8 Å². The van der Waals surface area contributed by atoms with Crippen LogP contribution in [0.25, 0.3) is 0 Å². The normalized spacial score (nSPS) is 22.9. The van der Waals surface area contributed by atoms with Gasteiger partial charge in [-0.1, -0.05) is 30.3 Å². The molecule has 0 saturated heterocycles. The van der Waals surface area contributed by atoms with Gasteiger partial charge in [0.1, 0.15) is 17.9 Å². The van der Waals surface area contributed by atoms with Crippen molar-refractivity contribution in [1.82, 2.24) is 10.2 Å². The Balaban J connectivity index is 1.60. The molecule has 0 bridgehead atoms. The standard InChI is InChI=1S/C27H30N2O7S/c1-35-23-13-18(37-3)8-9-19(23)25(32)28-20-10-17(12-22(30)24(20)31)26(33)29-14-16-7-5-4-6-15(16)11-21(29)27(34)36-2/h4-10,13,20-22,24,30-31H,11-12,14H2,1-3H3,(H,28,32)/t20-,21+,22-,24-/m1/s1. The fourth-order valence-corrected chi connectivity index (χ4v) is 5.17. The minimum atomic E-state index is -1.32. The molecule has 37 heavy (non-hydrogen) atoms. The number of carbonyl (C=O) groups excluding carboxylic acids is 3. The van der Waals surface area contributed by atoms with Crippen molar-refractivity contribution in [2.45, 2.75) is 48.6 Å². The van der Waals surface area contributed by atoms with Gasteiger partial charge in [0.2, 0.25) is 0 Å². The van der Waals surface area contributed by atoms with E-state index < -0.39 is 42.1 Å². The lowest BCUT2D eigenvalue weighted by atomic mass is 9.87. The maximum atomic E-state index is 13.6. The molecule has 2 amide bonds. The summed E-state index contributed by atoms with van der Waals surface area (Å²) in [6.07, 6.45) is 0.931. The van der Waals surface area contributed by atoms with Crippen LogP contribution < -0.4 is 10.1 Å². The van der Waals surface area contributed by atoms with Crippen molar-refractivity contribution in [3.63, 3.8) is 0 Å². The smallest absolute Gasteiger partial charge is 0.328 e. The second kappa shape index (κ2) is 11.4. The molecule has 2 aliphatic rings. The van der Waals surface area contributed by atoms with Gasteiger partial charge < -0.3 is 29.9 Å². The summed E-state index contributed by atoms with van der Waals surface area (Å²) in [7, 11) is 2.73. The largest absolute Gasteiger partial charge is 0.496 e. The highest BCUT2D eigenvalue weighted by Crippen LogP contribution is 2.30. The molecular weight excluding hydrogens is 496 g/mol. The Labute approximate surface area is 219 Å². The number of ether oxygens (including phenoxy) is 2. The second-order valence-electron chi connectivity index (χ2n) is 8.96. The quantitative estimate of drug-likeness (QED) is 0.384. The van der Waals surface area contributed by atoms with Gasteiger partial charge in [-0.15, -0.1) is 11.8 Å². The number of aliphatic hydroxyl groups is 2. The number of thioether (sulfide) groups is 1. The van der Waals surface area contributed by atoms with Gasteiger partial charge in [-0.2, -0.15) is 0 Å². The Morgan fingerprint density at radius 2 is 1.78 bits per heavy atom. The van der Waals surface area contributed by atoms with Gasteiger partial charge in [0.05, 0.1) is 31.9 Å². The molecule has 0 saturated carbocycles. The highest BCUT2D eigenvalue weighted by atomic mass is 32.2. The minimum absolute atomic E-state index is 0.121. The van der Waals surface area contributed by atoms with Gasteiger partial charge in [-0.05, 0) is 35.6 Å². The molecule has 9 nitrogen and oxygen atoms in total. The van der Waals surface area contributed by atoms with Crippen molar-refractivity contribution >= 4 is 29.5 Å². The first-order valence-corrected chi connectivity index (χ1v) is 13.0. The van der Waals surface area contributed by atoms with Crippen LogP contribution in [0.1, 0.15) is 27.9 Å². The zero-order chi connectivity index (χ0) is 26.7. The van der Waals surface area contributed by atoms with Gasteiger partial charge in [0.15, 0.2) is 0 Å². The molecule has 3 N–H and O–H groups in total. The lowest BCUT2D eigenvalue weighted by molar-refractivity contribution is -0.152. The molecule has 0 fully saturated rings. The first kappa shape index (κ1) is 26.7. The van der Waals surface area contributed by atoms with Crippen molar-refractivity contribution in [1.29, 1.82) is 0 Å². The van der Waals surface area contributed by atoms with E-state index >= 15 is 0 Å². The number of fused-ring (bicyclic) bond motifs is 1. The summed E-state index contributed by atoms with van der Waals surface area (Å²) in [5.74, 6) is -1.16. The molecule has 196 valence electrons. The minimum Gasteiger partial charge on any atom is -0.496 e. The van der Waals surface area contributed by atoms with Crippen molar-refractivity contribution in [3.8, 4) is 5.75 Å². The van der Waals surface area contributed by atoms with Crippen LogP contribution in [0.4, 0.5) is 0 Å². The number of aliphatic hydroxyl groups excluding tert-OH is 2. The van der Waals surface area contributed by atoms with E-state index in [0.717, 1.165) is 16.0 Å². The van der Waals surface area contributed by atoms with E-state index in [1.54, 1.807) is 18.2 Å². The Kier molecular flexibility index (Phi) is 8.21. The number of hydrogen-bond acceptors (Lipinski definition) is 8. The number of amides is 2. The molecule has 10 heteroatoms. The van der Waals surface area contributed by atoms with Gasteiger partial charge in [-0.25, -0.2) is 4.79 Å². The average Bonchev–Trinajstić information content (AvgIpc) is 2.93. The van der Waals surface area contributed by atoms with E-state index in [0.29, 0.717) is 12.2 Å². The Hall–Kier alpha value is -3.34. The molecule has 1 aliphatic carbocycles. The first-order valence-electron chi connectivity index (χ1n) is 11.8. The van der Waals surface area contributed by atoms with Gasteiger partial charge in [-0.3, -0.25) is 9.59 Å². The maximum absolute atomic E-state index is 13.6. The molecule has 1 heterocycles. The van der Waals surface area contributed by atoms with E-state index in [9.17, 15) is 24.6 Å². The van der Waals surface area contributed by atoms with Crippen LogP contribution in [0.2, 0.25) is 0 Å². The molecule has 1 aliphatic heterocycles. The molecule has 4 atom stereocenters. The number of carbonyl (C=O) groups is 3. The van der Waals surface area contributed by atoms with Crippen LogP contribution in [-0.2, 0) is 27.3 Å². The summed E-state index contributed by atoms with van der Waals surface area (Å²) < 4.78 is 10.3. The fourth-order valence-electron chi connectivity index (χ4n) is 4.74. The molecule has 0 aromatic heterocycles. The lowest BCUT2D eigenvalue weighted by Gasteiger charge is -2.38. The number of hydrogen-bond donors (Lipinski definition) is 3. The monoisotopic (exact) mass is 526 g/mol. The molecule has 2 aromatic rings. The predicted molar refractivity (Wildman–Crippen MR) is 137 cm³/mol. The van der Waals surface area contributed by atoms with E-state index in [1.165, 1.54) is 37.0 Å². The summed E-state index contributed by atoms with van der Waals surface area (Å²) in [5, 5.41) is 23.9. The molecule has 0 spiro atoms. The van der Waals surface area contributed by atoms with E-state index in [-0.39, 0.29) is 24.1 Å². The molecule has 0 radical (unpaired) electrons. The number of benzene rings is 2. The number of nitrogens with one attached hydrogen (secondary N) is 1. The zero-order valence-electron chi connectivity index (χ0n) is 20.8. The van der Waals surface area contributed by atoms with E-state index in [2.05, 4.69) is 5.32 Å². The van der Waals surface area contributed by atoms with Crippen LogP contribution in [0.3, 0.4) is 0 Å². The number of esters is 1. The van der Waals surface area contributed by atoms with E-state index in [4.69, 9.17) is 9.47 Å². The summed E-state index contributed by atoms with van der Waals surface area (Å²) in [5.41, 5.74) is 2.33. The fraction of sp³-hybridized carbons (Fsp3) is 0.370. The molecular formula is C27H30N2O7S. The number of methoxy groups -OCH3 is 2. The van der Waals surface area contributed by atoms with Crippen molar-refractivity contribution in [2.24, 2.45) is 0 Å². The van der Waals surface area contributed by atoms with Gasteiger partial charge in [0, 0.05) is 29.9 Å². The SMILES string of the molecule is COC(=O)[C@@H]1Cc2ccccc2CN1C(=O)C1=C[C@@H](NC(=O)c2ccc(SC)cc2OC)[C@@H](O)[C@H](O)C1. The third-order valence-electron chi connectivity index (χ3n) is 6.78. The predicted octanol–water partition coefficient (Wildman–Crippen LogP) is 1.69. The Morgan fingerprint density at radius 1 is 1.05 bits per heavy atom. The molecule has 2 aromatic carbocycles. The summed E-state index contributed by atoms with van der Waals surface area (Å²) >= 11 is 1.50. The van der Waals surface area contributed by atoms with Crippen LogP contribution in [0.5, 0.6) is 5.75 Å². The van der Waals surface area contributed by atoms with Gasteiger partial charge >= 0.3 is 5.97 Å². The average molecular weight is 527 g/mol. The van der Waals surface area contributed by atoms with Crippen molar-refractivity contribution < 1.29 is 34.1 Å². The third-order valence-corrected chi connectivity index (χ3v) is 7.51. The summed E-state index contributed by atoms with van der Waals surface area (Å²) in [4.78, 5) is 41.6. The first-order chi connectivity index (χ1) is 17.8. The highest BCUT2D eigenvalue weighted by Gasteiger charge is 2.40. The Bertz CT molecular complexity index is 1230. The van der Waals surface area contributed by atoms with Crippen LogP contribution in [0, 0.1) is 0 Å². The van der Waals surface area contributed by atoms with E-state index in [1.807, 2.05) is 30.5 Å². The second-order valence-corrected chi connectivity index (χ2v) is 9.84. The molecule has 0 unspecified atom stereocenters. The third kappa shape index (κ3) is 5.51. The van der Waals surface area contributed by atoms with Crippen LogP contribution in [0.15, 0.2) is 59.0 Å².